The molecule has 0 unspecified atom stereocenters. The fourth-order valence-corrected chi connectivity index (χ4v) is 3.38. The molecule has 9 heteroatoms. The van der Waals surface area contributed by atoms with Gasteiger partial charge in [-0.05, 0) is 35.4 Å². The van der Waals surface area contributed by atoms with E-state index in [1.54, 1.807) is 36.9 Å². The molecule has 0 aromatic carbocycles. The minimum atomic E-state index is -0.323. The van der Waals surface area contributed by atoms with Crippen LogP contribution in [0.2, 0.25) is 0 Å². The summed E-state index contributed by atoms with van der Waals surface area (Å²) in [6, 6.07) is 4.11. The minimum absolute atomic E-state index is 0. The lowest BCUT2D eigenvalue weighted by atomic mass is 10.3. The van der Waals surface area contributed by atoms with E-state index in [2.05, 4.69) is 41.8 Å². The monoisotopic (exact) mass is 398 g/mol. The Hall–Kier alpha value is -3.20. The molecular formula is C19H22N6O2S. The van der Waals surface area contributed by atoms with Gasteiger partial charge in [-0.2, -0.15) is 21.4 Å². The predicted octanol–water partition coefficient (Wildman–Crippen LogP) is 3.68. The normalized spacial score (nSPS) is 10.6. The van der Waals surface area contributed by atoms with E-state index in [0.29, 0.717) is 18.2 Å². The van der Waals surface area contributed by atoms with E-state index < -0.39 is 0 Å². The average Bonchev–Trinajstić information content (AvgIpc) is 3.39. The van der Waals surface area contributed by atoms with Gasteiger partial charge in [0, 0.05) is 30.5 Å². The van der Waals surface area contributed by atoms with Crippen molar-refractivity contribution in [2.45, 2.75) is 27.4 Å². The van der Waals surface area contributed by atoms with Gasteiger partial charge in [0.15, 0.2) is 0 Å². The molecule has 28 heavy (non-hydrogen) atoms. The van der Waals surface area contributed by atoms with Crippen LogP contribution in [0.1, 0.15) is 19.9 Å². The number of hydrogen-bond donors (Lipinski definition) is 1. The average molecular weight is 398 g/mol. The number of ether oxygens (including phenoxy) is 1. The molecule has 0 saturated carbocycles. The molecule has 0 radical (unpaired) electrons. The van der Waals surface area contributed by atoms with E-state index in [-0.39, 0.29) is 19.9 Å². The molecule has 1 N–H and O–H groups in total. The summed E-state index contributed by atoms with van der Waals surface area (Å²) in [5.74, 6) is 0.152. The highest BCUT2D eigenvalue weighted by atomic mass is 32.1. The number of thiophene rings is 1. The maximum absolute atomic E-state index is 11.5. The van der Waals surface area contributed by atoms with Crippen LogP contribution in [0.3, 0.4) is 0 Å². The van der Waals surface area contributed by atoms with Gasteiger partial charge in [0.05, 0.1) is 18.5 Å². The number of nitrogens with zero attached hydrogens (tertiary/aromatic N) is 5. The Bertz CT molecular complexity index is 1050. The van der Waals surface area contributed by atoms with E-state index >= 15 is 0 Å². The Morgan fingerprint density at radius 2 is 2.21 bits per heavy atom. The van der Waals surface area contributed by atoms with Crippen molar-refractivity contribution in [2.24, 2.45) is 0 Å². The maximum Gasteiger partial charge on any atom is 0.327 e. The zero-order valence-corrected chi connectivity index (χ0v) is 15.5. The predicted molar refractivity (Wildman–Crippen MR) is 110 cm³/mol. The number of fused-ring (bicyclic) bond motifs is 1. The summed E-state index contributed by atoms with van der Waals surface area (Å²) in [6.07, 6.45) is 7.14. The van der Waals surface area contributed by atoms with Crippen molar-refractivity contribution in [1.82, 2.24) is 24.3 Å². The van der Waals surface area contributed by atoms with Crippen molar-refractivity contribution >= 4 is 40.0 Å². The minimum Gasteiger partial charge on any atom is -0.465 e. The van der Waals surface area contributed by atoms with Crippen molar-refractivity contribution in [3.63, 3.8) is 0 Å². The first-order valence-corrected chi connectivity index (χ1v) is 9.43. The molecule has 146 valence electrons. The second-order valence-electron chi connectivity index (χ2n) is 5.90. The number of aromatic nitrogens is 5. The largest absolute Gasteiger partial charge is 0.465 e. The van der Waals surface area contributed by atoms with Gasteiger partial charge in [-0.15, -0.1) is 0 Å². The van der Waals surface area contributed by atoms with Crippen LogP contribution in [-0.2, 0) is 22.6 Å². The van der Waals surface area contributed by atoms with E-state index in [1.165, 1.54) is 10.2 Å². The highest BCUT2D eigenvalue weighted by molar-refractivity contribution is 7.07. The SMILES string of the molecule is C.CCOC(=O)Cn1cc(Nc2ncc3ccn(Cc4ccsc4)c3n2)cn1. The summed E-state index contributed by atoms with van der Waals surface area (Å²) in [5.41, 5.74) is 2.80. The first kappa shape index (κ1) is 19.6. The summed E-state index contributed by atoms with van der Waals surface area (Å²) >= 11 is 1.68. The van der Waals surface area contributed by atoms with Crippen molar-refractivity contribution < 1.29 is 9.53 Å². The Kier molecular flexibility index (Phi) is 6.05. The zero-order valence-electron chi connectivity index (χ0n) is 14.7. The summed E-state index contributed by atoms with van der Waals surface area (Å²) in [5, 5.41) is 12.5. The first-order valence-electron chi connectivity index (χ1n) is 8.49. The maximum atomic E-state index is 11.5. The molecule has 4 rings (SSSR count). The summed E-state index contributed by atoms with van der Waals surface area (Å²) in [7, 11) is 0. The van der Waals surface area contributed by atoms with E-state index in [0.717, 1.165) is 17.6 Å². The molecule has 8 nitrogen and oxygen atoms in total. The number of carbonyl (C=O) groups is 1. The molecule has 0 aliphatic carbocycles. The molecule has 0 fully saturated rings. The molecular weight excluding hydrogens is 376 g/mol. The number of anilines is 2. The molecule has 0 aliphatic rings. The molecule has 0 spiro atoms. The lowest BCUT2D eigenvalue weighted by molar-refractivity contribution is -0.144. The Morgan fingerprint density at radius 3 is 3.00 bits per heavy atom. The van der Waals surface area contributed by atoms with Crippen LogP contribution in [-0.4, -0.2) is 36.9 Å². The van der Waals surface area contributed by atoms with Gasteiger partial charge >= 0.3 is 5.97 Å². The van der Waals surface area contributed by atoms with Gasteiger partial charge in [0.2, 0.25) is 5.95 Å². The van der Waals surface area contributed by atoms with Gasteiger partial charge in [-0.1, -0.05) is 7.43 Å². The number of carbonyl (C=O) groups excluding carboxylic acids is 1. The third-order valence-electron chi connectivity index (χ3n) is 3.92. The first-order chi connectivity index (χ1) is 13.2. The van der Waals surface area contributed by atoms with Crippen molar-refractivity contribution in [1.29, 1.82) is 0 Å². The second-order valence-corrected chi connectivity index (χ2v) is 6.68. The van der Waals surface area contributed by atoms with Gasteiger partial charge in [0.1, 0.15) is 12.2 Å². The Labute approximate surface area is 166 Å². The van der Waals surface area contributed by atoms with Crippen LogP contribution in [0.25, 0.3) is 11.0 Å². The van der Waals surface area contributed by atoms with Crippen LogP contribution in [0.15, 0.2) is 47.7 Å². The number of rotatable bonds is 7. The molecule has 0 saturated heterocycles. The number of nitrogens with one attached hydrogen (secondary N) is 1. The Morgan fingerprint density at radius 1 is 1.32 bits per heavy atom. The quantitative estimate of drug-likeness (QED) is 0.478. The third-order valence-corrected chi connectivity index (χ3v) is 4.65. The van der Waals surface area contributed by atoms with E-state index in [1.807, 2.05) is 12.3 Å². The summed E-state index contributed by atoms with van der Waals surface area (Å²) in [6.45, 7) is 2.96. The topological polar surface area (TPSA) is 86.9 Å². The lowest BCUT2D eigenvalue weighted by Gasteiger charge is -2.05. The smallest absolute Gasteiger partial charge is 0.327 e. The molecule has 4 heterocycles. The van der Waals surface area contributed by atoms with Crippen molar-refractivity contribution in [3.05, 3.63) is 53.2 Å². The van der Waals surface area contributed by atoms with Crippen LogP contribution >= 0.6 is 11.3 Å². The standard InChI is InChI=1S/C18H18N6O2S.CH4/c1-2-26-16(25)11-24-10-15(8-20-24)21-18-19-7-14-3-5-23(17(14)22-18)9-13-4-6-27-12-13;/h3-8,10,12H,2,9,11H2,1H3,(H,19,21,22);1H4. The molecule has 0 aliphatic heterocycles. The van der Waals surface area contributed by atoms with Crippen LogP contribution < -0.4 is 5.32 Å². The fraction of sp³-hybridized carbons (Fsp3) is 0.263. The number of esters is 1. The summed E-state index contributed by atoms with van der Waals surface area (Å²) in [4.78, 5) is 20.5. The lowest BCUT2D eigenvalue weighted by Crippen LogP contribution is -2.13. The highest BCUT2D eigenvalue weighted by Gasteiger charge is 2.09. The van der Waals surface area contributed by atoms with Gasteiger partial charge in [-0.25, -0.2) is 4.98 Å². The molecule has 0 amide bonds. The fourth-order valence-electron chi connectivity index (χ4n) is 2.72. The van der Waals surface area contributed by atoms with E-state index in [4.69, 9.17) is 4.74 Å². The van der Waals surface area contributed by atoms with Gasteiger partial charge < -0.3 is 14.6 Å². The molecule has 0 atom stereocenters. The van der Waals surface area contributed by atoms with Crippen LogP contribution in [0, 0.1) is 0 Å². The van der Waals surface area contributed by atoms with E-state index in [9.17, 15) is 4.79 Å². The number of hydrogen-bond acceptors (Lipinski definition) is 7. The second kappa shape index (κ2) is 8.66. The van der Waals surface area contributed by atoms with Gasteiger partial charge in [0.25, 0.3) is 0 Å². The third kappa shape index (κ3) is 4.37. The summed E-state index contributed by atoms with van der Waals surface area (Å²) < 4.78 is 8.53. The van der Waals surface area contributed by atoms with Crippen molar-refractivity contribution in [3.8, 4) is 0 Å². The zero-order chi connectivity index (χ0) is 18.6. The van der Waals surface area contributed by atoms with Gasteiger partial charge in [-0.3, -0.25) is 9.48 Å². The molecule has 0 bridgehead atoms. The van der Waals surface area contributed by atoms with Crippen molar-refractivity contribution in [2.75, 3.05) is 11.9 Å². The molecule has 4 aromatic heterocycles. The van der Waals surface area contributed by atoms with Crippen LogP contribution in [0.4, 0.5) is 11.6 Å². The Balaban J connectivity index is 0.00000225. The molecule has 4 aromatic rings. The van der Waals surface area contributed by atoms with Crippen LogP contribution in [0.5, 0.6) is 0 Å². The highest BCUT2D eigenvalue weighted by Crippen LogP contribution is 2.19.